The van der Waals surface area contributed by atoms with E-state index in [1.54, 1.807) is 4.90 Å². The molecule has 3 rings (SSSR count). The summed E-state index contributed by atoms with van der Waals surface area (Å²) in [5.41, 5.74) is -0.764. The van der Waals surface area contributed by atoms with Gasteiger partial charge in [-0.05, 0) is 25.7 Å². The van der Waals surface area contributed by atoms with Crippen molar-refractivity contribution < 1.29 is 19.1 Å². The Morgan fingerprint density at radius 3 is 2.75 bits per heavy atom. The van der Waals surface area contributed by atoms with Crippen LogP contribution in [-0.2, 0) is 20.1 Å². The molecule has 28 heavy (non-hydrogen) atoms. The number of anilines is 1. The zero-order chi connectivity index (χ0) is 20.3. The van der Waals surface area contributed by atoms with Crippen molar-refractivity contribution in [3.05, 3.63) is 5.01 Å². The number of esters is 1. The van der Waals surface area contributed by atoms with Gasteiger partial charge < -0.3 is 14.4 Å². The van der Waals surface area contributed by atoms with Gasteiger partial charge in [-0.2, -0.15) is 0 Å². The fourth-order valence-corrected chi connectivity index (χ4v) is 4.45. The number of halogens is 1. The van der Waals surface area contributed by atoms with Crippen LogP contribution in [0.4, 0.5) is 9.93 Å². The van der Waals surface area contributed by atoms with E-state index < -0.39 is 23.8 Å². The minimum atomic E-state index is -0.855. The predicted molar refractivity (Wildman–Crippen MR) is 105 cm³/mol. The van der Waals surface area contributed by atoms with E-state index in [9.17, 15) is 9.59 Å². The van der Waals surface area contributed by atoms with Crippen molar-refractivity contribution in [1.29, 1.82) is 0 Å². The largest absolute Gasteiger partial charge is 0.437 e. The standard InChI is InChI=1S/C18H23ClN4O4S/c1-4-18(5-2,6-3)22-11-14(27-15(24)12-8-7-9-26-12)23(17(22)25)16-21-20-13(10-19)28-16/h1,12,14H,5-11H2,2-3H3. The Hall–Kier alpha value is -1.89. The van der Waals surface area contributed by atoms with Gasteiger partial charge in [0.1, 0.15) is 10.5 Å². The third-order valence-electron chi connectivity index (χ3n) is 5.24. The maximum atomic E-state index is 13.3. The second-order valence-electron chi connectivity index (χ2n) is 6.65. The van der Waals surface area contributed by atoms with Crippen LogP contribution in [0, 0.1) is 12.3 Å². The van der Waals surface area contributed by atoms with Gasteiger partial charge in [-0.3, -0.25) is 0 Å². The summed E-state index contributed by atoms with van der Waals surface area (Å²) in [4.78, 5) is 28.7. The first-order valence-electron chi connectivity index (χ1n) is 9.28. The van der Waals surface area contributed by atoms with Gasteiger partial charge in [-0.1, -0.05) is 31.1 Å². The minimum Gasteiger partial charge on any atom is -0.437 e. The van der Waals surface area contributed by atoms with E-state index in [0.717, 1.165) is 6.42 Å². The molecular weight excluding hydrogens is 404 g/mol. The number of alkyl halides is 1. The van der Waals surface area contributed by atoms with E-state index in [2.05, 4.69) is 16.1 Å². The number of rotatable bonds is 7. The number of carbonyl (C=O) groups is 2. The van der Waals surface area contributed by atoms with Crippen LogP contribution in [0.1, 0.15) is 44.5 Å². The van der Waals surface area contributed by atoms with Crippen molar-refractivity contribution in [3.8, 4) is 12.3 Å². The number of nitrogens with zero attached hydrogens (tertiary/aromatic N) is 4. The second kappa shape index (κ2) is 8.64. The van der Waals surface area contributed by atoms with Gasteiger partial charge in [-0.25, -0.2) is 14.5 Å². The number of urea groups is 1. The Morgan fingerprint density at radius 2 is 2.21 bits per heavy atom. The summed E-state index contributed by atoms with van der Waals surface area (Å²) in [7, 11) is 0. The third kappa shape index (κ3) is 3.69. The highest BCUT2D eigenvalue weighted by Crippen LogP contribution is 2.35. The van der Waals surface area contributed by atoms with Crippen LogP contribution in [0.25, 0.3) is 0 Å². The molecule has 2 amide bonds. The number of carbonyl (C=O) groups excluding carboxylic acids is 2. The van der Waals surface area contributed by atoms with Gasteiger partial charge in [0.15, 0.2) is 6.10 Å². The molecule has 2 fully saturated rings. The average Bonchev–Trinajstić information content (AvgIpc) is 3.45. The van der Waals surface area contributed by atoms with Gasteiger partial charge in [0.25, 0.3) is 0 Å². The normalized spacial score (nSPS) is 22.6. The van der Waals surface area contributed by atoms with Crippen molar-refractivity contribution in [1.82, 2.24) is 15.1 Å². The smallest absolute Gasteiger partial charge is 0.337 e. The highest BCUT2D eigenvalue weighted by atomic mass is 35.5. The number of amides is 2. The van der Waals surface area contributed by atoms with E-state index in [4.69, 9.17) is 27.5 Å². The van der Waals surface area contributed by atoms with Gasteiger partial charge in [0.2, 0.25) is 11.4 Å². The summed E-state index contributed by atoms with van der Waals surface area (Å²) in [5, 5.41) is 8.92. The number of ether oxygens (including phenoxy) is 2. The van der Waals surface area contributed by atoms with Crippen LogP contribution in [0.5, 0.6) is 0 Å². The molecule has 0 aromatic carbocycles. The summed E-state index contributed by atoms with van der Waals surface area (Å²) < 4.78 is 11.1. The highest BCUT2D eigenvalue weighted by Gasteiger charge is 2.50. The number of hydrogen-bond acceptors (Lipinski definition) is 7. The fraction of sp³-hybridized carbons (Fsp3) is 0.667. The summed E-state index contributed by atoms with van der Waals surface area (Å²) >= 11 is 7.01. The lowest BCUT2D eigenvalue weighted by Crippen LogP contribution is -2.49. The number of terminal acetylenes is 1. The molecule has 0 N–H and O–H groups in total. The first-order valence-corrected chi connectivity index (χ1v) is 10.6. The molecule has 2 atom stereocenters. The van der Waals surface area contributed by atoms with Crippen LogP contribution >= 0.6 is 22.9 Å². The molecule has 2 aliphatic heterocycles. The van der Waals surface area contributed by atoms with Gasteiger partial charge >= 0.3 is 12.0 Å². The maximum Gasteiger partial charge on any atom is 0.337 e. The van der Waals surface area contributed by atoms with Crippen molar-refractivity contribution in [3.63, 3.8) is 0 Å². The molecule has 0 radical (unpaired) electrons. The molecule has 0 spiro atoms. The molecule has 2 saturated heterocycles. The number of hydrogen-bond donors (Lipinski definition) is 0. The summed E-state index contributed by atoms with van der Waals surface area (Å²) in [6.07, 6.45) is 6.91. The summed E-state index contributed by atoms with van der Waals surface area (Å²) in [5.74, 6) is 2.46. The van der Waals surface area contributed by atoms with E-state index in [1.807, 2.05) is 13.8 Å². The molecule has 3 heterocycles. The Balaban J connectivity index is 1.90. The molecule has 8 nitrogen and oxygen atoms in total. The summed E-state index contributed by atoms with van der Waals surface area (Å²) in [6.45, 7) is 4.55. The van der Waals surface area contributed by atoms with Crippen molar-refractivity contribution >= 4 is 40.1 Å². The molecule has 2 aliphatic rings. The first-order chi connectivity index (χ1) is 13.5. The SMILES string of the molecule is C#CC(CC)(CC)N1CC(OC(=O)C2CCCO2)N(c2nnc(CCl)s2)C1=O. The zero-order valence-electron chi connectivity index (χ0n) is 15.9. The first kappa shape index (κ1) is 20.8. The van der Waals surface area contributed by atoms with Crippen molar-refractivity contribution in [2.75, 3.05) is 18.1 Å². The van der Waals surface area contributed by atoms with E-state index in [-0.39, 0.29) is 18.5 Å². The Labute approximate surface area is 173 Å². The molecule has 0 aliphatic carbocycles. The topological polar surface area (TPSA) is 84.9 Å². The van der Waals surface area contributed by atoms with Crippen LogP contribution in [0.15, 0.2) is 0 Å². The van der Waals surface area contributed by atoms with Crippen molar-refractivity contribution in [2.24, 2.45) is 0 Å². The van der Waals surface area contributed by atoms with E-state index >= 15 is 0 Å². The minimum absolute atomic E-state index is 0.152. The maximum absolute atomic E-state index is 13.3. The van der Waals surface area contributed by atoms with Crippen molar-refractivity contribution in [2.45, 2.75) is 63.3 Å². The third-order valence-corrected chi connectivity index (χ3v) is 6.57. The lowest BCUT2D eigenvalue weighted by molar-refractivity contribution is -0.159. The summed E-state index contributed by atoms with van der Waals surface area (Å²) in [6, 6.07) is -0.357. The Bertz CT molecular complexity index is 770. The molecular formula is C18H23ClN4O4S. The molecule has 1 aromatic rings. The van der Waals surface area contributed by atoms with Crippen LogP contribution in [0.3, 0.4) is 0 Å². The van der Waals surface area contributed by atoms with Crippen LogP contribution in [0.2, 0.25) is 0 Å². The van der Waals surface area contributed by atoms with E-state index in [1.165, 1.54) is 16.2 Å². The van der Waals surface area contributed by atoms with E-state index in [0.29, 0.717) is 36.0 Å². The van der Waals surface area contributed by atoms with Crippen LogP contribution < -0.4 is 4.90 Å². The lowest BCUT2D eigenvalue weighted by Gasteiger charge is -2.35. The molecule has 152 valence electrons. The monoisotopic (exact) mass is 426 g/mol. The highest BCUT2D eigenvalue weighted by molar-refractivity contribution is 7.15. The quantitative estimate of drug-likeness (QED) is 0.378. The number of aromatic nitrogens is 2. The Morgan fingerprint density at radius 1 is 1.46 bits per heavy atom. The molecule has 2 unspecified atom stereocenters. The van der Waals surface area contributed by atoms with Gasteiger partial charge in [-0.15, -0.1) is 28.2 Å². The second-order valence-corrected chi connectivity index (χ2v) is 7.96. The molecule has 1 aromatic heterocycles. The zero-order valence-corrected chi connectivity index (χ0v) is 17.5. The fourth-order valence-electron chi connectivity index (χ4n) is 3.51. The lowest BCUT2D eigenvalue weighted by atomic mass is 9.92. The average molecular weight is 427 g/mol. The van der Waals surface area contributed by atoms with Gasteiger partial charge in [0.05, 0.1) is 12.4 Å². The molecule has 0 bridgehead atoms. The molecule has 0 saturated carbocycles. The van der Waals surface area contributed by atoms with Crippen LogP contribution in [-0.4, -0.2) is 58.1 Å². The predicted octanol–water partition coefficient (Wildman–Crippen LogP) is 2.76. The van der Waals surface area contributed by atoms with Gasteiger partial charge in [0, 0.05) is 6.61 Å². The molecule has 10 heteroatoms. The Kier molecular flexibility index (Phi) is 6.43.